The van der Waals surface area contributed by atoms with Crippen LogP contribution in [0.15, 0.2) is 23.1 Å². The van der Waals surface area contributed by atoms with Gasteiger partial charge in [0.1, 0.15) is 16.0 Å². The molecule has 1 aromatic rings. The summed E-state index contributed by atoms with van der Waals surface area (Å²) >= 11 is 0.728. The number of benzene rings is 1. The Hall–Kier alpha value is -1.74. The standard InChI is InChI=1S/C7H5N3O2S/c8-4-13-6-3-1-2-5(9)7(6)10(11)12/h1-3H,9H2. The van der Waals surface area contributed by atoms with Gasteiger partial charge in [0.15, 0.2) is 0 Å². The molecule has 1 aromatic carbocycles. The summed E-state index contributed by atoms with van der Waals surface area (Å²) in [7, 11) is 0. The predicted octanol–water partition coefficient (Wildman–Crippen LogP) is 1.75. The van der Waals surface area contributed by atoms with Crippen molar-refractivity contribution in [3.63, 3.8) is 0 Å². The summed E-state index contributed by atoms with van der Waals surface area (Å²) in [5.74, 6) is 0. The van der Waals surface area contributed by atoms with E-state index in [9.17, 15) is 10.1 Å². The Labute approximate surface area is 78.3 Å². The van der Waals surface area contributed by atoms with Crippen molar-refractivity contribution in [2.75, 3.05) is 5.73 Å². The minimum atomic E-state index is -0.588. The SMILES string of the molecule is N#CSc1cccc(N)c1[N+](=O)[O-]. The van der Waals surface area contributed by atoms with Crippen molar-refractivity contribution in [1.29, 1.82) is 5.26 Å². The average Bonchev–Trinajstić information content (AvgIpc) is 2.04. The third kappa shape index (κ3) is 1.89. The highest BCUT2D eigenvalue weighted by molar-refractivity contribution is 8.03. The highest BCUT2D eigenvalue weighted by atomic mass is 32.2. The van der Waals surface area contributed by atoms with E-state index in [0.717, 1.165) is 11.8 Å². The van der Waals surface area contributed by atoms with E-state index < -0.39 is 4.92 Å². The number of hydrogen-bond acceptors (Lipinski definition) is 5. The summed E-state index contributed by atoms with van der Waals surface area (Å²) in [5, 5.41) is 20.6. The lowest BCUT2D eigenvalue weighted by Crippen LogP contribution is -1.96. The number of nitro benzene ring substituents is 1. The van der Waals surface area contributed by atoms with Crippen LogP contribution in [0, 0.1) is 20.8 Å². The summed E-state index contributed by atoms with van der Waals surface area (Å²) in [4.78, 5) is 10.2. The van der Waals surface area contributed by atoms with E-state index in [1.807, 2.05) is 0 Å². The molecule has 0 spiro atoms. The van der Waals surface area contributed by atoms with E-state index in [1.165, 1.54) is 12.1 Å². The van der Waals surface area contributed by atoms with Crippen LogP contribution < -0.4 is 5.73 Å². The molecule has 0 heterocycles. The highest BCUT2D eigenvalue weighted by Crippen LogP contribution is 2.32. The van der Waals surface area contributed by atoms with Gasteiger partial charge in [-0.3, -0.25) is 10.1 Å². The van der Waals surface area contributed by atoms with Crippen LogP contribution in [0.3, 0.4) is 0 Å². The molecule has 0 aliphatic rings. The maximum absolute atomic E-state index is 10.5. The zero-order valence-corrected chi connectivity index (χ0v) is 7.25. The molecule has 6 heteroatoms. The first-order valence-electron chi connectivity index (χ1n) is 3.25. The largest absolute Gasteiger partial charge is 0.393 e. The molecule has 0 aliphatic carbocycles. The van der Waals surface area contributed by atoms with Gasteiger partial charge >= 0.3 is 5.69 Å². The zero-order valence-electron chi connectivity index (χ0n) is 6.43. The molecular formula is C7H5N3O2S. The molecule has 66 valence electrons. The molecule has 0 fully saturated rings. The zero-order chi connectivity index (χ0) is 9.84. The van der Waals surface area contributed by atoms with Gasteiger partial charge in [0.2, 0.25) is 0 Å². The van der Waals surface area contributed by atoms with Crippen molar-refractivity contribution >= 4 is 23.1 Å². The first-order valence-corrected chi connectivity index (χ1v) is 4.07. The number of para-hydroxylation sites is 1. The van der Waals surface area contributed by atoms with Crippen molar-refractivity contribution in [1.82, 2.24) is 0 Å². The summed E-state index contributed by atoms with van der Waals surface area (Å²) in [6.45, 7) is 0. The average molecular weight is 195 g/mol. The van der Waals surface area contributed by atoms with Gasteiger partial charge in [-0.1, -0.05) is 6.07 Å². The fourth-order valence-electron chi connectivity index (χ4n) is 0.866. The van der Waals surface area contributed by atoms with E-state index in [2.05, 4.69) is 0 Å². The molecule has 0 aliphatic heterocycles. The summed E-state index contributed by atoms with van der Waals surface area (Å²) < 4.78 is 0. The second kappa shape index (κ2) is 3.78. The lowest BCUT2D eigenvalue weighted by Gasteiger charge is -1.99. The lowest BCUT2D eigenvalue weighted by atomic mass is 10.3. The van der Waals surface area contributed by atoms with Crippen LogP contribution in [-0.2, 0) is 0 Å². The van der Waals surface area contributed by atoms with Gasteiger partial charge in [0.05, 0.1) is 4.92 Å². The molecule has 0 saturated carbocycles. The van der Waals surface area contributed by atoms with Crippen LogP contribution in [0.25, 0.3) is 0 Å². The number of nitrogens with two attached hydrogens (primary N) is 1. The van der Waals surface area contributed by atoms with Gasteiger partial charge in [-0.2, -0.15) is 5.26 Å². The first-order chi connectivity index (χ1) is 6.16. The molecule has 0 bridgehead atoms. The molecule has 0 radical (unpaired) electrons. The summed E-state index contributed by atoms with van der Waals surface area (Å²) in [6.07, 6.45) is 0. The number of nitro groups is 1. The van der Waals surface area contributed by atoms with E-state index in [-0.39, 0.29) is 16.3 Å². The van der Waals surface area contributed by atoms with Gasteiger partial charge in [-0.25, -0.2) is 0 Å². The number of nitriles is 1. The topological polar surface area (TPSA) is 93.0 Å². The van der Waals surface area contributed by atoms with Crippen LogP contribution >= 0.6 is 11.8 Å². The van der Waals surface area contributed by atoms with E-state index in [1.54, 1.807) is 11.5 Å². The third-order valence-electron chi connectivity index (χ3n) is 1.37. The van der Waals surface area contributed by atoms with Gasteiger partial charge in [-0.05, 0) is 23.9 Å². The van der Waals surface area contributed by atoms with E-state index >= 15 is 0 Å². The van der Waals surface area contributed by atoms with Crippen molar-refractivity contribution in [2.24, 2.45) is 0 Å². The molecule has 0 amide bonds. The van der Waals surface area contributed by atoms with E-state index in [4.69, 9.17) is 11.0 Å². The Morgan fingerprint density at radius 1 is 1.62 bits per heavy atom. The number of anilines is 1. The Morgan fingerprint density at radius 3 is 2.85 bits per heavy atom. The number of hydrogen-bond donors (Lipinski definition) is 1. The molecule has 0 atom stereocenters. The van der Waals surface area contributed by atoms with Crippen molar-refractivity contribution < 1.29 is 4.92 Å². The van der Waals surface area contributed by atoms with Crippen molar-refractivity contribution in [3.8, 4) is 5.40 Å². The molecule has 13 heavy (non-hydrogen) atoms. The van der Waals surface area contributed by atoms with Crippen LogP contribution in [-0.4, -0.2) is 4.92 Å². The quantitative estimate of drug-likeness (QED) is 0.255. The van der Waals surface area contributed by atoms with Crippen LogP contribution in [0.1, 0.15) is 0 Å². The lowest BCUT2D eigenvalue weighted by molar-refractivity contribution is -0.386. The minimum Gasteiger partial charge on any atom is -0.393 e. The van der Waals surface area contributed by atoms with Crippen LogP contribution in [0.2, 0.25) is 0 Å². The molecule has 0 unspecified atom stereocenters. The second-order valence-corrected chi connectivity index (χ2v) is 2.97. The molecule has 1 rings (SSSR count). The fourth-order valence-corrected chi connectivity index (χ4v) is 1.40. The molecule has 2 N–H and O–H groups in total. The van der Waals surface area contributed by atoms with Gasteiger partial charge in [0.25, 0.3) is 0 Å². The van der Waals surface area contributed by atoms with Crippen molar-refractivity contribution in [2.45, 2.75) is 4.90 Å². The van der Waals surface area contributed by atoms with Crippen LogP contribution in [0.4, 0.5) is 11.4 Å². The maximum Gasteiger partial charge on any atom is 0.306 e. The van der Waals surface area contributed by atoms with Gasteiger partial charge < -0.3 is 5.73 Å². The highest BCUT2D eigenvalue weighted by Gasteiger charge is 2.17. The monoisotopic (exact) mass is 195 g/mol. The third-order valence-corrected chi connectivity index (χ3v) is 2.01. The number of thioether (sulfide) groups is 1. The smallest absolute Gasteiger partial charge is 0.306 e. The number of nitrogens with zero attached hydrogens (tertiary/aromatic N) is 2. The Bertz CT molecular complexity index is 386. The molecule has 0 aromatic heterocycles. The number of thiocyanates is 1. The predicted molar refractivity (Wildman–Crippen MR) is 49.0 cm³/mol. The number of nitrogen functional groups attached to an aromatic ring is 1. The summed E-state index contributed by atoms with van der Waals surface area (Å²) in [6, 6.07) is 4.49. The van der Waals surface area contributed by atoms with Gasteiger partial charge in [-0.15, -0.1) is 0 Å². The second-order valence-electron chi connectivity index (χ2n) is 2.14. The van der Waals surface area contributed by atoms with Gasteiger partial charge in [0, 0.05) is 0 Å². The molecule has 5 nitrogen and oxygen atoms in total. The Kier molecular flexibility index (Phi) is 2.72. The molecular weight excluding hydrogens is 190 g/mol. The Balaban J connectivity index is 3.27. The molecule has 0 saturated heterocycles. The minimum absolute atomic E-state index is 0.0743. The van der Waals surface area contributed by atoms with Crippen LogP contribution in [0.5, 0.6) is 0 Å². The number of rotatable bonds is 2. The maximum atomic E-state index is 10.5. The first kappa shape index (κ1) is 9.35. The van der Waals surface area contributed by atoms with Crippen molar-refractivity contribution in [3.05, 3.63) is 28.3 Å². The fraction of sp³-hybridized carbons (Fsp3) is 0. The summed E-state index contributed by atoms with van der Waals surface area (Å²) in [5.41, 5.74) is 5.26. The van der Waals surface area contributed by atoms with E-state index in [0.29, 0.717) is 0 Å². The normalized spacial score (nSPS) is 9.15. The Morgan fingerprint density at radius 2 is 2.31 bits per heavy atom.